The summed E-state index contributed by atoms with van der Waals surface area (Å²) in [5.74, 6) is -0.878. The Labute approximate surface area is 118 Å². The van der Waals surface area contributed by atoms with Crippen LogP contribution in [0.15, 0.2) is 0 Å². The Balaban J connectivity index is 1.66. The Hall–Kier alpha value is -1.34. The lowest BCUT2D eigenvalue weighted by Crippen LogP contribution is -2.48. The number of carboxylic acid groups (broad SMARTS) is 1. The summed E-state index contributed by atoms with van der Waals surface area (Å²) in [6.45, 7) is 2.10. The highest BCUT2D eigenvalue weighted by molar-refractivity contribution is 5.77. The van der Waals surface area contributed by atoms with Crippen LogP contribution in [0.2, 0.25) is 0 Å². The average Bonchev–Trinajstić information content (AvgIpc) is 3.10. The van der Waals surface area contributed by atoms with E-state index in [-0.39, 0.29) is 19.2 Å². The fourth-order valence-corrected chi connectivity index (χ4v) is 2.20. The zero-order chi connectivity index (χ0) is 14.5. The predicted octanol–water partition coefficient (Wildman–Crippen LogP) is 0.154. The Bertz CT molecular complexity index is 359. The summed E-state index contributed by atoms with van der Waals surface area (Å²) in [4.78, 5) is 24.4. The van der Waals surface area contributed by atoms with Crippen molar-refractivity contribution < 1.29 is 24.2 Å². The smallest absolute Gasteiger partial charge is 0.317 e. The van der Waals surface area contributed by atoms with Crippen LogP contribution in [0.4, 0.5) is 4.79 Å². The first kappa shape index (κ1) is 15.1. The monoisotopic (exact) mass is 286 g/mol. The molecule has 2 fully saturated rings. The number of nitrogens with one attached hydrogen (secondary N) is 1. The van der Waals surface area contributed by atoms with Crippen molar-refractivity contribution in [1.29, 1.82) is 0 Å². The van der Waals surface area contributed by atoms with Gasteiger partial charge >= 0.3 is 12.0 Å². The third-order valence-electron chi connectivity index (χ3n) is 3.76. The standard InChI is InChI=1S/C13H22N2O5/c1-15(11-8-20-7-10(11)12(16)17)13(18)14-4-5-19-6-9-2-3-9/h9-11H,2-8H2,1H3,(H,14,18)(H,16,17). The van der Waals surface area contributed by atoms with Crippen LogP contribution in [0.3, 0.4) is 0 Å². The van der Waals surface area contributed by atoms with Gasteiger partial charge in [-0.2, -0.15) is 0 Å². The van der Waals surface area contributed by atoms with E-state index in [9.17, 15) is 9.59 Å². The predicted molar refractivity (Wildman–Crippen MR) is 70.4 cm³/mol. The molecule has 2 aliphatic rings. The number of amides is 2. The fraction of sp³-hybridized carbons (Fsp3) is 0.846. The normalized spacial score (nSPS) is 25.4. The van der Waals surface area contributed by atoms with E-state index in [1.165, 1.54) is 17.7 Å². The van der Waals surface area contributed by atoms with Gasteiger partial charge in [0, 0.05) is 20.2 Å². The lowest BCUT2D eigenvalue weighted by Gasteiger charge is -2.26. The van der Waals surface area contributed by atoms with Crippen molar-refractivity contribution in [2.45, 2.75) is 18.9 Å². The number of hydrogen-bond donors (Lipinski definition) is 2. The summed E-state index contributed by atoms with van der Waals surface area (Å²) in [6, 6.07) is -0.707. The van der Waals surface area contributed by atoms with Gasteiger partial charge in [0.05, 0.1) is 25.9 Å². The molecule has 2 N–H and O–H groups in total. The molecule has 7 heteroatoms. The first-order chi connectivity index (χ1) is 9.59. The highest BCUT2D eigenvalue weighted by Crippen LogP contribution is 2.28. The van der Waals surface area contributed by atoms with Crippen LogP contribution in [0.5, 0.6) is 0 Å². The Kier molecular flexibility index (Phi) is 5.19. The van der Waals surface area contributed by atoms with E-state index in [4.69, 9.17) is 14.6 Å². The molecule has 114 valence electrons. The summed E-state index contributed by atoms with van der Waals surface area (Å²) in [7, 11) is 1.59. The van der Waals surface area contributed by atoms with E-state index in [1.807, 2.05) is 0 Å². The van der Waals surface area contributed by atoms with Gasteiger partial charge < -0.3 is 24.8 Å². The van der Waals surface area contributed by atoms with Gasteiger partial charge in [-0.1, -0.05) is 0 Å². The molecule has 2 atom stereocenters. The molecule has 1 saturated carbocycles. The maximum atomic E-state index is 11.9. The lowest BCUT2D eigenvalue weighted by molar-refractivity contribution is -0.142. The molecule has 2 unspecified atom stereocenters. The zero-order valence-electron chi connectivity index (χ0n) is 11.7. The highest BCUT2D eigenvalue weighted by atomic mass is 16.5. The Morgan fingerprint density at radius 3 is 2.80 bits per heavy atom. The van der Waals surface area contributed by atoms with Crippen molar-refractivity contribution in [2.75, 3.05) is 40.0 Å². The number of carbonyl (C=O) groups is 2. The molecule has 0 spiro atoms. The summed E-state index contributed by atoms with van der Waals surface area (Å²) in [6.07, 6.45) is 2.49. The Morgan fingerprint density at radius 1 is 1.40 bits per heavy atom. The molecular weight excluding hydrogens is 264 g/mol. The van der Waals surface area contributed by atoms with Gasteiger partial charge in [-0.15, -0.1) is 0 Å². The van der Waals surface area contributed by atoms with Crippen LogP contribution in [0, 0.1) is 11.8 Å². The number of urea groups is 1. The van der Waals surface area contributed by atoms with Gasteiger partial charge in [-0.05, 0) is 18.8 Å². The molecule has 7 nitrogen and oxygen atoms in total. The zero-order valence-corrected chi connectivity index (χ0v) is 11.7. The maximum Gasteiger partial charge on any atom is 0.317 e. The van der Waals surface area contributed by atoms with Crippen molar-refractivity contribution in [1.82, 2.24) is 10.2 Å². The summed E-state index contributed by atoms with van der Waals surface area (Å²) in [5, 5.41) is 11.8. The van der Waals surface area contributed by atoms with Crippen molar-refractivity contribution >= 4 is 12.0 Å². The molecule has 1 aliphatic heterocycles. The highest BCUT2D eigenvalue weighted by Gasteiger charge is 2.38. The van der Waals surface area contributed by atoms with E-state index in [0.29, 0.717) is 19.1 Å². The molecule has 0 bridgehead atoms. The number of rotatable bonds is 7. The van der Waals surface area contributed by atoms with Crippen LogP contribution < -0.4 is 5.32 Å². The second-order valence-corrected chi connectivity index (χ2v) is 5.41. The first-order valence-corrected chi connectivity index (χ1v) is 6.98. The number of carboxylic acids is 1. The minimum atomic E-state index is -0.931. The average molecular weight is 286 g/mol. The third kappa shape index (κ3) is 4.08. The number of nitrogens with zero attached hydrogens (tertiary/aromatic N) is 1. The van der Waals surface area contributed by atoms with Crippen molar-refractivity contribution in [3.8, 4) is 0 Å². The molecule has 1 heterocycles. The topological polar surface area (TPSA) is 88.1 Å². The molecule has 20 heavy (non-hydrogen) atoms. The lowest BCUT2D eigenvalue weighted by atomic mass is 10.0. The van der Waals surface area contributed by atoms with Gasteiger partial charge in [0.1, 0.15) is 5.92 Å². The second-order valence-electron chi connectivity index (χ2n) is 5.41. The molecule has 1 aliphatic carbocycles. The summed E-state index contributed by atoms with van der Waals surface area (Å²) < 4.78 is 10.6. The number of ether oxygens (including phenoxy) is 2. The van der Waals surface area contributed by atoms with Crippen molar-refractivity contribution in [2.24, 2.45) is 11.8 Å². The molecule has 1 saturated heterocycles. The molecule has 0 radical (unpaired) electrons. The third-order valence-corrected chi connectivity index (χ3v) is 3.76. The molecule has 0 aromatic heterocycles. The molecular formula is C13H22N2O5. The summed E-state index contributed by atoms with van der Waals surface area (Å²) >= 11 is 0. The number of carbonyl (C=O) groups excluding carboxylic acids is 1. The fourth-order valence-electron chi connectivity index (χ4n) is 2.20. The molecule has 0 aromatic rings. The number of aliphatic carboxylic acids is 1. The number of hydrogen-bond acceptors (Lipinski definition) is 4. The van der Waals surface area contributed by atoms with E-state index >= 15 is 0 Å². The van der Waals surface area contributed by atoms with E-state index in [1.54, 1.807) is 7.05 Å². The largest absolute Gasteiger partial charge is 0.481 e. The van der Waals surface area contributed by atoms with E-state index < -0.39 is 17.9 Å². The van der Waals surface area contributed by atoms with Crippen LogP contribution in [0.1, 0.15) is 12.8 Å². The summed E-state index contributed by atoms with van der Waals surface area (Å²) in [5.41, 5.74) is 0. The van der Waals surface area contributed by atoms with Crippen molar-refractivity contribution in [3.05, 3.63) is 0 Å². The van der Waals surface area contributed by atoms with Crippen LogP contribution in [-0.2, 0) is 14.3 Å². The minimum Gasteiger partial charge on any atom is -0.481 e. The van der Waals surface area contributed by atoms with E-state index in [0.717, 1.165) is 6.61 Å². The van der Waals surface area contributed by atoms with Gasteiger partial charge in [0.2, 0.25) is 0 Å². The van der Waals surface area contributed by atoms with Gasteiger partial charge in [0.25, 0.3) is 0 Å². The molecule has 2 amide bonds. The van der Waals surface area contributed by atoms with Gasteiger partial charge in [0.15, 0.2) is 0 Å². The SMILES string of the molecule is CN(C(=O)NCCOCC1CC1)C1COCC1C(=O)O. The quantitative estimate of drug-likeness (QED) is 0.651. The minimum absolute atomic E-state index is 0.155. The van der Waals surface area contributed by atoms with Crippen molar-refractivity contribution in [3.63, 3.8) is 0 Å². The van der Waals surface area contributed by atoms with Crippen LogP contribution >= 0.6 is 0 Å². The first-order valence-electron chi connectivity index (χ1n) is 6.98. The maximum absolute atomic E-state index is 11.9. The van der Waals surface area contributed by atoms with E-state index in [2.05, 4.69) is 5.32 Å². The number of likely N-dealkylation sites (N-methyl/N-ethyl adjacent to an activating group) is 1. The molecule has 0 aromatic carbocycles. The van der Waals surface area contributed by atoms with Crippen LogP contribution in [-0.4, -0.2) is 68.1 Å². The van der Waals surface area contributed by atoms with Crippen LogP contribution in [0.25, 0.3) is 0 Å². The van der Waals surface area contributed by atoms with Gasteiger partial charge in [-0.3, -0.25) is 4.79 Å². The second kappa shape index (κ2) is 6.90. The molecule has 2 rings (SSSR count). The van der Waals surface area contributed by atoms with Gasteiger partial charge in [-0.25, -0.2) is 4.79 Å². The Morgan fingerprint density at radius 2 is 2.15 bits per heavy atom.